The molecule has 2 N–H and O–H groups in total. The van der Waals surface area contributed by atoms with Crippen molar-refractivity contribution in [2.45, 2.75) is 9.79 Å². The molecule has 0 saturated carbocycles. The molecular formula is C28H24N2O4S. The lowest BCUT2D eigenvalue weighted by Crippen LogP contribution is -2.22. The van der Waals surface area contributed by atoms with Crippen LogP contribution >= 0.6 is 11.8 Å². The fourth-order valence-corrected chi connectivity index (χ4v) is 4.19. The Hall–Kier alpha value is -4.23. The summed E-state index contributed by atoms with van der Waals surface area (Å²) in [5.74, 6) is 0.0878. The van der Waals surface area contributed by atoms with Crippen LogP contribution in [0.1, 0.15) is 10.4 Å². The zero-order valence-corrected chi connectivity index (χ0v) is 19.9. The summed E-state index contributed by atoms with van der Waals surface area (Å²) in [4.78, 5) is 27.3. The Morgan fingerprint density at radius 2 is 1.51 bits per heavy atom. The Bertz CT molecular complexity index is 1310. The third-order valence-corrected chi connectivity index (χ3v) is 6.04. The van der Waals surface area contributed by atoms with Crippen LogP contribution in [0.3, 0.4) is 0 Å². The molecule has 0 saturated heterocycles. The van der Waals surface area contributed by atoms with Crippen LogP contribution in [0.2, 0.25) is 0 Å². The quantitative estimate of drug-likeness (QED) is 0.220. The van der Waals surface area contributed by atoms with Crippen LogP contribution in [0.15, 0.2) is 113 Å². The predicted octanol–water partition coefficient (Wildman–Crippen LogP) is 6.12. The number of amides is 1. The minimum atomic E-state index is -0.519. The fourth-order valence-electron chi connectivity index (χ4n) is 3.27. The summed E-state index contributed by atoms with van der Waals surface area (Å²) in [5, 5.41) is 6.02. The molecule has 4 aromatic carbocycles. The van der Waals surface area contributed by atoms with E-state index in [0.29, 0.717) is 22.7 Å². The largest absolute Gasteiger partial charge is 0.493 e. The summed E-state index contributed by atoms with van der Waals surface area (Å²) >= 11 is 1.58. The monoisotopic (exact) mass is 484 g/mol. The molecule has 0 unspecified atom stereocenters. The highest BCUT2D eigenvalue weighted by atomic mass is 32.2. The molecule has 4 aromatic rings. The number of para-hydroxylation sites is 3. The first-order valence-electron chi connectivity index (χ1n) is 10.9. The molecule has 4 rings (SSSR count). The van der Waals surface area contributed by atoms with Crippen molar-refractivity contribution in [2.75, 3.05) is 24.3 Å². The van der Waals surface area contributed by atoms with E-state index in [9.17, 15) is 9.59 Å². The van der Waals surface area contributed by atoms with E-state index in [1.54, 1.807) is 60.3 Å². The molecule has 1 amide bonds. The Kier molecular flexibility index (Phi) is 8.04. The fraction of sp³-hybridized carbons (Fsp3) is 0.0714. The number of ether oxygens (including phenoxy) is 2. The standard InChI is InChI=1S/C28H24N2O4S/c1-33-24-15-6-7-16-25(24)34-28(32)20-10-9-11-21(18-20)29-19-27(31)30-23-14-5-8-17-26(23)35-22-12-3-2-4-13-22/h2-18,29H,19H2,1H3,(H,30,31). The maximum absolute atomic E-state index is 12.6. The van der Waals surface area contributed by atoms with Crippen molar-refractivity contribution >= 4 is 35.0 Å². The van der Waals surface area contributed by atoms with E-state index in [2.05, 4.69) is 10.6 Å². The van der Waals surface area contributed by atoms with Gasteiger partial charge in [-0.25, -0.2) is 4.79 Å². The predicted molar refractivity (Wildman–Crippen MR) is 139 cm³/mol. The van der Waals surface area contributed by atoms with Gasteiger partial charge < -0.3 is 20.1 Å². The van der Waals surface area contributed by atoms with Gasteiger partial charge in [-0.2, -0.15) is 0 Å². The van der Waals surface area contributed by atoms with Crippen LogP contribution < -0.4 is 20.1 Å². The van der Waals surface area contributed by atoms with E-state index in [1.165, 1.54) is 7.11 Å². The number of hydrogen-bond donors (Lipinski definition) is 2. The zero-order chi connectivity index (χ0) is 24.5. The maximum atomic E-state index is 12.6. The lowest BCUT2D eigenvalue weighted by atomic mass is 10.2. The number of hydrogen-bond acceptors (Lipinski definition) is 6. The topological polar surface area (TPSA) is 76.7 Å². The van der Waals surface area contributed by atoms with Crippen LogP contribution in [-0.4, -0.2) is 25.5 Å². The smallest absolute Gasteiger partial charge is 0.343 e. The van der Waals surface area contributed by atoms with Gasteiger partial charge in [-0.15, -0.1) is 0 Å². The first-order chi connectivity index (χ1) is 17.1. The summed E-state index contributed by atoms with van der Waals surface area (Å²) in [6.07, 6.45) is 0. The molecule has 0 spiro atoms. The Morgan fingerprint density at radius 1 is 0.800 bits per heavy atom. The van der Waals surface area contributed by atoms with Gasteiger partial charge in [0.15, 0.2) is 11.5 Å². The summed E-state index contributed by atoms with van der Waals surface area (Å²) in [5.41, 5.74) is 1.72. The lowest BCUT2D eigenvalue weighted by Gasteiger charge is -2.12. The highest BCUT2D eigenvalue weighted by Gasteiger charge is 2.13. The number of carbonyl (C=O) groups excluding carboxylic acids is 2. The third-order valence-electron chi connectivity index (χ3n) is 4.96. The molecular weight excluding hydrogens is 460 g/mol. The van der Waals surface area contributed by atoms with Crippen LogP contribution in [0.25, 0.3) is 0 Å². The van der Waals surface area contributed by atoms with Crippen LogP contribution in [0.4, 0.5) is 11.4 Å². The second-order valence-electron chi connectivity index (χ2n) is 7.43. The van der Waals surface area contributed by atoms with E-state index in [-0.39, 0.29) is 12.5 Å². The molecule has 35 heavy (non-hydrogen) atoms. The Morgan fingerprint density at radius 3 is 2.31 bits per heavy atom. The number of methoxy groups -OCH3 is 1. The molecule has 0 radical (unpaired) electrons. The van der Waals surface area contributed by atoms with E-state index in [4.69, 9.17) is 9.47 Å². The molecule has 0 aliphatic rings. The number of anilines is 2. The van der Waals surface area contributed by atoms with Crippen molar-refractivity contribution in [3.8, 4) is 11.5 Å². The first kappa shape index (κ1) is 23.9. The Labute approximate surface area is 208 Å². The van der Waals surface area contributed by atoms with Crippen molar-refractivity contribution in [3.05, 3.63) is 109 Å². The van der Waals surface area contributed by atoms with E-state index in [1.807, 2.05) is 54.6 Å². The average Bonchev–Trinajstić information content (AvgIpc) is 2.90. The van der Waals surface area contributed by atoms with Crippen LogP contribution in [0, 0.1) is 0 Å². The van der Waals surface area contributed by atoms with E-state index in [0.717, 1.165) is 15.5 Å². The molecule has 0 bridgehead atoms. The minimum Gasteiger partial charge on any atom is -0.493 e. The summed E-state index contributed by atoms with van der Waals surface area (Å²) in [7, 11) is 1.51. The lowest BCUT2D eigenvalue weighted by molar-refractivity contribution is -0.114. The van der Waals surface area contributed by atoms with Crippen molar-refractivity contribution in [3.63, 3.8) is 0 Å². The normalized spacial score (nSPS) is 10.3. The summed E-state index contributed by atoms with van der Waals surface area (Å²) in [6.45, 7) is 0.0371. The van der Waals surface area contributed by atoms with Crippen molar-refractivity contribution in [2.24, 2.45) is 0 Å². The average molecular weight is 485 g/mol. The van der Waals surface area contributed by atoms with Gasteiger partial charge in [0, 0.05) is 15.5 Å². The van der Waals surface area contributed by atoms with Crippen molar-refractivity contribution in [1.29, 1.82) is 0 Å². The first-order valence-corrected chi connectivity index (χ1v) is 11.7. The number of benzene rings is 4. The van der Waals surface area contributed by atoms with Gasteiger partial charge in [0.05, 0.1) is 24.9 Å². The highest BCUT2D eigenvalue weighted by molar-refractivity contribution is 7.99. The van der Waals surface area contributed by atoms with Crippen molar-refractivity contribution < 1.29 is 19.1 Å². The zero-order valence-electron chi connectivity index (χ0n) is 19.1. The van der Waals surface area contributed by atoms with Crippen LogP contribution in [-0.2, 0) is 4.79 Å². The molecule has 0 atom stereocenters. The van der Waals surface area contributed by atoms with Gasteiger partial charge in [-0.1, -0.05) is 60.3 Å². The van der Waals surface area contributed by atoms with Gasteiger partial charge in [0.2, 0.25) is 5.91 Å². The molecule has 0 aliphatic carbocycles. The third kappa shape index (κ3) is 6.65. The molecule has 7 heteroatoms. The highest BCUT2D eigenvalue weighted by Crippen LogP contribution is 2.33. The maximum Gasteiger partial charge on any atom is 0.343 e. The van der Waals surface area contributed by atoms with Crippen molar-refractivity contribution in [1.82, 2.24) is 0 Å². The van der Waals surface area contributed by atoms with Gasteiger partial charge in [-0.05, 0) is 54.6 Å². The van der Waals surface area contributed by atoms with Gasteiger partial charge in [0.25, 0.3) is 0 Å². The molecule has 6 nitrogen and oxygen atoms in total. The van der Waals surface area contributed by atoms with Gasteiger partial charge in [-0.3, -0.25) is 4.79 Å². The second kappa shape index (κ2) is 11.8. The Balaban J connectivity index is 1.36. The van der Waals surface area contributed by atoms with E-state index < -0.39 is 5.97 Å². The molecule has 0 heterocycles. The summed E-state index contributed by atoms with van der Waals surface area (Å²) < 4.78 is 10.7. The molecule has 0 aromatic heterocycles. The number of carbonyl (C=O) groups is 2. The SMILES string of the molecule is COc1ccccc1OC(=O)c1cccc(NCC(=O)Nc2ccccc2Sc2ccccc2)c1. The van der Waals surface area contributed by atoms with Gasteiger partial charge in [0.1, 0.15) is 0 Å². The number of esters is 1. The van der Waals surface area contributed by atoms with Gasteiger partial charge >= 0.3 is 5.97 Å². The molecule has 0 aliphatic heterocycles. The molecule has 0 fully saturated rings. The summed E-state index contributed by atoms with van der Waals surface area (Å²) in [6, 6.07) is 31.4. The second-order valence-corrected chi connectivity index (χ2v) is 8.55. The van der Waals surface area contributed by atoms with Crippen LogP contribution in [0.5, 0.6) is 11.5 Å². The number of nitrogens with one attached hydrogen (secondary N) is 2. The number of rotatable bonds is 9. The van der Waals surface area contributed by atoms with E-state index >= 15 is 0 Å². The minimum absolute atomic E-state index is 0.0371. The molecule has 176 valence electrons.